The summed E-state index contributed by atoms with van der Waals surface area (Å²) < 4.78 is 5.20. The lowest BCUT2D eigenvalue weighted by Crippen LogP contribution is -2.44. The van der Waals surface area contributed by atoms with Gasteiger partial charge in [-0.2, -0.15) is 0 Å². The zero-order valence-corrected chi connectivity index (χ0v) is 9.74. The highest BCUT2D eigenvalue weighted by atomic mass is 16.5. The average molecular weight is 214 g/mol. The van der Waals surface area contributed by atoms with Gasteiger partial charge in [0.25, 0.3) is 0 Å². The number of nitrogens with two attached hydrogens (primary N) is 1. The zero-order chi connectivity index (χ0) is 11.7. The van der Waals surface area contributed by atoms with Crippen LogP contribution in [0.5, 0.6) is 0 Å². The van der Waals surface area contributed by atoms with Gasteiger partial charge >= 0.3 is 0 Å². The van der Waals surface area contributed by atoms with E-state index in [1.54, 1.807) is 11.0 Å². The van der Waals surface area contributed by atoms with Crippen LogP contribution < -0.4 is 5.73 Å². The molecule has 0 heterocycles. The second kappa shape index (κ2) is 8.44. The maximum Gasteiger partial charge on any atom is 0.239 e. The molecule has 0 fully saturated rings. The summed E-state index contributed by atoms with van der Waals surface area (Å²) in [5, 5.41) is 0. The monoisotopic (exact) mass is 214 g/mol. The molecule has 88 valence electrons. The molecule has 0 rings (SSSR count). The van der Waals surface area contributed by atoms with Crippen LogP contribution in [0.4, 0.5) is 0 Å². The van der Waals surface area contributed by atoms with Crippen molar-refractivity contribution in [3.63, 3.8) is 0 Å². The van der Waals surface area contributed by atoms with E-state index in [2.05, 4.69) is 6.58 Å². The molecule has 0 spiro atoms. The highest BCUT2D eigenvalue weighted by Gasteiger charge is 2.17. The van der Waals surface area contributed by atoms with Crippen LogP contribution in [0.3, 0.4) is 0 Å². The van der Waals surface area contributed by atoms with Crippen LogP contribution in [0.25, 0.3) is 0 Å². The smallest absolute Gasteiger partial charge is 0.239 e. The number of hydrogen-bond donors (Lipinski definition) is 1. The number of ether oxygens (including phenoxy) is 1. The largest absolute Gasteiger partial charge is 0.380 e. The average Bonchev–Trinajstić information content (AvgIpc) is 2.24. The molecule has 1 amide bonds. The summed E-state index contributed by atoms with van der Waals surface area (Å²) in [6.07, 6.45) is 2.18. The molecule has 0 bridgehead atoms. The van der Waals surface area contributed by atoms with Gasteiger partial charge < -0.3 is 15.4 Å². The molecule has 1 unspecified atom stereocenters. The summed E-state index contributed by atoms with van der Waals surface area (Å²) in [6, 6.07) is -0.468. The summed E-state index contributed by atoms with van der Waals surface area (Å²) in [5.74, 6) is -0.0305. The van der Waals surface area contributed by atoms with E-state index in [4.69, 9.17) is 10.5 Å². The first-order chi connectivity index (χ1) is 7.17. The Kier molecular flexibility index (Phi) is 7.95. The molecule has 1 atom stereocenters. The Hall–Kier alpha value is -0.870. The van der Waals surface area contributed by atoms with Crippen LogP contribution in [0.15, 0.2) is 12.7 Å². The van der Waals surface area contributed by atoms with E-state index in [9.17, 15) is 4.79 Å². The molecule has 0 aromatic rings. The van der Waals surface area contributed by atoms with Crippen LogP contribution >= 0.6 is 0 Å². The minimum atomic E-state index is -0.468. The number of nitrogens with zero attached hydrogens (tertiary/aromatic N) is 1. The first-order valence-corrected chi connectivity index (χ1v) is 5.40. The van der Waals surface area contributed by atoms with E-state index in [-0.39, 0.29) is 5.91 Å². The third kappa shape index (κ3) is 5.54. The number of carbonyl (C=O) groups excluding carboxylic acids is 1. The molecule has 4 nitrogen and oxygen atoms in total. The van der Waals surface area contributed by atoms with E-state index in [0.29, 0.717) is 32.7 Å². The maximum absolute atomic E-state index is 11.8. The van der Waals surface area contributed by atoms with Crippen molar-refractivity contribution in [3.8, 4) is 0 Å². The molecule has 0 saturated carbocycles. The summed E-state index contributed by atoms with van der Waals surface area (Å²) in [4.78, 5) is 13.5. The molecule has 4 heteroatoms. The Morgan fingerprint density at radius 2 is 2.27 bits per heavy atom. The summed E-state index contributed by atoms with van der Waals surface area (Å²) in [5.41, 5.74) is 5.71. The second-order valence-electron chi connectivity index (χ2n) is 3.25. The summed E-state index contributed by atoms with van der Waals surface area (Å²) in [6.45, 7) is 9.94. The van der Waals surface area contributed by atoms with Crippen LogP contribution in [0, 0.1) is 0 Å². The van der Waals surface area contributed by atoms with Gasteiger partial charge in [0.1, 0.15) is 0 Å². The van der Waals surface area contributed by atoms with Gasteiger partial charge in [0.15, 0.2) is 0 Å². The van der Waals surface area contributed by atoms with E-state index in [0.717, 1.165) is 0 Å². The Morgan fingerprint density at radius 3 is 2.73 bits per heavy atom. The van der Waals surface area contributed by atoms with Gasteiger partial charge in [-0.05, 0) is 20.3 Å². The predicted molar refractivity (Wildman–Crippen MR) is 61.5 cm³/mol. The molecule has 0 aliphatic rings. The lowest BCUT2D eigenvalue weighted by molar-refractivity contribution is -0.133. The first-order valence-electron chi connectivity index (χ1n) is 5.40. The number of hydrogen-bond acceptors (Lipinski definition) is 3. The number of amides is 1. The van der Waals surface area contributed by atoms with Crippen molar-refractivity contribution in [2.24, 2.45) is 5.73 Å². The Morgan fingerprint density at radius 1 is 1.60 bits per heavy atom. The second-order valence-corrected chi connectivity index (χ2v) is 3.25. The molecule has 0 aliphatic heterocycles. The highest BCUT2D eigenvalue weighted by Crippen LogP contribution is 1.98. The Balaban J connectivity index is 4.02. The Bertz CT molecular complexity index is 195. The van der Waals surface area contributed by atoms with E-state index >= 15 is 0 Å². The van der Waals surface area contributed by atoms with Crippen LogP contribution in [0.1, 0.15) is 20.3 Å². The molecular weight excluding hydrogens is 192 g/mol. The molecular formula is C11H22N2O2. The summed E-state index contributed by atoms with van der Waals surface area (Å²) >= 11 is 0. The van der Waals surface area contributed by atoms with Gasteiger partial charge in [-0.15, -0.1) is 6.58 Å². The van der Waals surface area contributed by atoms with Crippen molar-refractivity contribution in [3.05, 3.63) is 12.7 Å². The SMILES string of the molecule is C=CCC(N)C(=O)N(CC)CCOCC. The summed E-state index contributed by atoms with van der Waals surface area (Å²) in [7, 11) is 0. The third-order valence-electron chi connectivity index (χ3n) is 2.14. The fourth-order valence-corrected chi connectivity index (χ4v) is 1.26. The fourth-order valence-electron chi connectivity index (χ4n) is 1.26. The quantitative estimate of drug-likeness (QED) is 0.480. The van der Waals surface area contributed by atoms with Crippen molar-refractivity contribution >= 4 is 5.91 Å². The molecule has 2 N–H and O–H groups in total. The van der Waals surface area contributed by atoms with Crippen molar-refractivity contribution in [1.29, 1.82) is 0 Å². The van der Waals surface area contributed by atoms with Gasteiger partial charge in [-0.3, -0.25) is 4.79 Å². The van der Waals surface area contributed by atoms with E-state index in [1.807, 2.05) is 13.8 Å². The minimum Gasteiger partial charge on any atom is -0.380 e. The van der Waals surface area contributed by atoms with Crippen molar-refractivity contribution in [2.75, 3.05) is 26.3 Å². The molecule has 0 aromatic carbocycles. The Labute approximate surface area is 92.1 Å². The molecule has 0 radical (unpaired) electrons. The van der Waals surface area contributed by atoms with Gasteiger partial charge in [-0.1, -0.05) is 6.08 Å². The highest BCUT2D eigenvalue weighted by molar-refractivity contribution is 5.81. The molecule has 0 aliphatic carbocycles. The molecule has 0 saturated heterocycles. The topological polar surface area (TPSA) is 55.6 Å². The van der Waals surface area contributed by atoms with Gasteiger partial charge in [0.2, 0.25) is 5.91 Å². The third-order valence-corrected chi connectivity index (χ3v) is 2.14. The lowest BCUT2D eigenvalue weighted by atomic mass is 10.2. The minimum absolute atomic E-state index is 0.0305. The normalized spacial score (nSPS) is 12.2. The van der Waals surface area contributed by atoms with Crippen LogP contribution in [-0.2, 0) is 9.53 Å². The fraction of sp³-hybridized carbons (Fsp3) is 0.727. The zero-order valence-electron chi connectivity index (χ0n) is 9.74. The van der Waals surface area contributed by atoms with E-state index in [1.165, 1.54) is 0 Å². The van der Waals surface area contributed by atoms with Gasteiger partial charge in [-0.25, -0.2) is 0 Å². The van der Waals surface area contributed by atoms with Crippen molar-refractivity contribution in [2.45, 2.75) is 26.3 Å². The maximum atomic E-state index is 11.8. The van der Waals surface area contributed by atoms with Crippen molar-refractivity contribution < 1.29 is 9.53 Å². The number of likely N-dealkylation sites (N-methyl/N-ethyl adjacent to an activating group) is 1. The van der Waals surface area contributed by atoms with Crippen LogP contribution in [0.2, 0.25) is 0 Å². The lowest BCUT2D eigenvalue weighted by Gasteiger charge is -2.23. The number of carbonyl (C=O) groups is 1. The van der Waals surface area contributed by atoms with Crippen LogP contribution in [-0.4, -0.2) is 43.2 Å². The van der Waals surface area contributed by atoms with E-state index < -0.39 is 6.04 Å². The molecule has 15 heavy (non-hydrogen) atoms. The standard InChI is InChI=1S/C11H22N2O2/c1-4-7-10(12)11(14)13(5-2)8-9-15-6-3/h4,10H,1,5-9,12H2,2-3H3. The molecule has 0 aromatic heterocycles. The van der Waals surface area contributed by atoms with Gasteiger partial charge in [0, 0.05) is 19.7 Å². The predicted octanol–water partition coefficient (Wildman–Crippen LogP) is 0.775. The number of rotatable bonds is 8. The van der Waals surface area contributed by atoms with Gasteiger partial charge in [0.05, 0.1) is 12.6 Å². The van der Waals surface area contributed by atoms with Crippen molar-refractivity contribution in [1.82, 2.24) is 4.90 Å². The first kappa shape index (κ1) is 14.1.